The maximum absolute atomic E-state index is 11.6. The van der Waals surface area contributed by atoms with Crippen molar-refractivity contribution in [1.29, 1.82) is 0 Å². The smallest absolute Gasteiger partial charge is 0.323 e. The maximum atomic E-state index is 11.6. The van der Waals surface area contributed by atoms with Gasteiger partial charge < -0.3 is 10.4 Å². The summed E-state index contributed by atoms with van der Waals surface area (Å²) in [7, 11) is 0. The molecule has 0 radical (unpaired) electrons. The number of aliphatic carboxylic acids is 1. The van der Waals surface area contributed by atoms with Crippen molar-refractivity contribution in [2.24, 2.45) is 0 Å². The van der Waals surface area contributed by atoms with E-state index in [1.54, 1.807) is 0 Å². The summed E-state index contributed by atoms with van der Waals surface area (Å²) in [5.74, 6) is -0.671. The average Bonchev–Trinajstić information content (AvgIpc) is 2.57. The molecule has 1 aliphatic heterocycles. The predicted octanol–water partition coefficient (Wildman–Crippen LogP) is 1.71. The molecule has 1 fully saturated rings. The normalized spacial score (nSPS) is 21.8. The second-order valence-corrected chi connectivity index (χ2v) is 5.13. The van der Waals surface area contributed by atoms with Crippen molar-refractivity contribution in [2.45, 2.75) is 51.5 Å². The third-order valence-electron chi connectivity index (χ3n) is 3.77. The van der Waals surface area contributed by atoms with Crippen molar-refractivity contribution < 1.29 is 9.90 Å². The van der Waals surface area contributed by atoms with E-state index in [1.165, 1.54) is 0 Å². The van der Waals surface area contributed by atoms with Crippen LogP contribution in [0.2, 0.25) is 0 Å². The van der Waals surface area contributed by atoms with Crippen LogP contribution in [0.15, 0.2) is 0 Å². The number of carboxylic acids is 1. The number of carboxylic acid groups (broad SMARTS) is 1. The molecule has 0 aromatic carbocycles. The van der Waals surface area contributed by atoms with Crippen LogP contribution >= 0.6 is 0 Å². The Kier molecular flexibility index (Phi) is 5.92. The molecule has 1 heterocycles. The Morgan fingerprint density at radius 1 is 1.35 bits per heavy atom. The zero-order chi connectivity index (χ0) is 12.7. The number of hydrogen-bond donors (Lipinski definition) is 2. The summed E-state index contributed by atoms with van der Waals surface area (Å²) in [6, 6.07) is 0. The molecule has 0 aromatic rings. The largest absolute Gasteiger partial charge is 0.480 e. The minimum absolute atomic E-state index is 0.671. The summed E-state index contributed by atoms with van der Waals surface area (Å²) in [5, 5.41) is 12.8. The lowest BCUT2D eigenvalue weighted by molar-refractivity contribution is -0.151. The number of nitrogens with one attached hydrogen (secondary N) is 1. The highest BCUT2D eigenvalue weighted by Gasteiger charge is 2.38. The number of carbonyl (C=O) groups is 1. The number of hydrogen-bond acceptors (Lipinski definition) is 3. The fraction of sp³-hybridized carbons (Fsp3) is 0.923. The molecule has 1 saturated heterocycles. The van der Waals surface area contributed by atoms with Crippen molar-refractivity contribution in [3.63, 3.8) is 0 Å². The molecule has 2 N–H and O–H groups in total. The molecule has 17 heavy (non-hydrogen) atoms. The molecule has 1 rings (SSSR count). The standard InChI is InChI=1S/C13H26N2O2/c1-3-4-5-7-13(2,12(16)17)15-10-6-8-14-9-11-15/h14H,3-11H2,1-2H3,(H,16,17). The van der Waals surface area contributed by atoms with Gasteiger partial charge in [-0.1, -0.05) is 26.2 Å². The van der Waals surface area contributed by atoms with Gasteiger partial charge in [-0.2, -0.15) is 0 Å². The first-order valence-corrected chi connectivity index (χ1v) is 6.80. The van der Waals surface area contributed by atoms with Gasteiger partial charge in [-0.25, -0.2) is 0 Å². The van der Waals surface area contributed by atoms with Gasteiger partial charge in [0.2, 0.25) is 0 Å². The number of unbranched alkanes of at least 4 members (excludes halogenated alkanes) is 2. The highest BCUT2D eigenvalue weighted by molar-refractivity contribution is 5.78. The summed E-state index contributed by atoms with van der Waals surface area (Å²) >= 11 is 0. The van der Waals surface area contributed by atoms with E-state index in [0.717, 1.165) is 58.3 Å². The SMILES string of the molecule is CCCCCC(C)(C(=O)O)N1CCCNCC1. The molecular formula is C13H26N2O2. The van der Waals surface area contributed by atoms with Crippen molar-refractivity contribution >= 4 is 5.97 Å². The summed E-state index contributed by atoms with van der Waals surface area (Å²) in [6.45, 7) is 7.67. The Morgan fingerprint density at radius 3 is 2.76 bits per heavy atom. The van der Waals surface area contributed by atoms with Crippen LogP contribution in [-0.2, 0) is 4.79 Å². The van der Waals surface area contributed by atoms with Gasteiger partial charge in [0.1, 0.15) is 5.54 Å². The molecule has 0 spiro atoms. The molecule has 100 valence electrons. The van der Waals surface area contributed by atoms with E-state index >= 15 is 0 Å². The highest BCUT2D eigenvalue weighted by Crippen LogP contribution is 2.24. The minimum Gasteiger partial charge on any atom is -0.480 e. The molecule has 0 bridgehead atoms. The van der Waals surface area contributed by atoms with E-state index in [2.05, 4.69) is 17.1 Å². The van der Waals surface area contributed by atoms with Crippen molar-refractivity contribution in [3.05, 3.63) is 0 Å². The third-order valence-corrected chi connectivity index (χ3v) is 3.77. The quantitative estimate of drug-likeness (QED) is 0.696. The van der Waals surface area contributed by atoms with Crippen LogP contribution in [-0.4, -0.2) is 47.7 Å². The van der Waals surface area contributed by atoms with Gasteiger partial charge in [-0.15, -0.1) is 0 Å². The minimum atomic E-state index is -0.679. The Bertz CT molecular complexity index is 238. The van der Waals surface area contributed by atoms with Gasteiger partial charge >= 0.3 is 5.97 Å². The zero-order valence-electron chi connectivity index (χ0n) is 11.2. The van der Waals surface area contributed by atoms with Gasteiger partial charge in [0.15, 0.2) is 0 Å². The highest BCUT2D eigenvalue weighted by atomic mass is 16.4. The second kappa shape index (κ2) is 6.97. The van der Waals surface area contributed by atoms with Crippen LogP contribution < -0.4 is 5.32 Å². The lowest BCUT2D eigenvalue weighted by atomic mass is 9.92. The molecular weight excluding hydrogens is 216 g/mol. The van der Waals surface area contributed by atoms with Crippen molar-refractivity contribution in [3.8, 4) is 0 Å². The van der Waals surface area contributed by atoms with Gasteiger partial charge in [0.25, 0.3) is 0 Å². The molecule has 0 aromatic heterocycles. The Balaban J connectivity index is 2.63. The monoisotopic (exact) mass is 242 g/mol. The summed E-state index contributed by atoms with van der Waals surface area (Å²) in [4.78, 5) is 13.7. The molecule has 0 amide bonds. The van der Waals surface area contributed by atoms with Gasteiger partial charge in [-0.3, -0.25) is 9.69 Å². The van der Waals surface area contributed by atoms with Crippen LogP contribution in [0.25, 0.3) is 0 Å². The summed E-state index contributed by atoms with van der Waals surface area (Å²) < 4.78 is 0. The van der Waals surface area contributed by atoms with Crippen molar-refractivity contribution in [2.75, 3.05) is 26.2 Å². The van der Waals surface area contributed by atoms with E-state index in [9.17, 15) is 9.90 Å². The van der Waals surface area contributed by atoms with Crippen molar-refractivity contribution in [1.82, 2.24) is 10.2 Å². The molecule has 4 nitrogen and oxygen atoms in total. The molecule has 0 aliphatic carbocycles. The molecule has 0 saturated carbocycles. The molecule has 1 aliphatic rings. The fourth-order valence-electron chi connectivity index (χ4n) is 2.46. The number of nitrogens with zero attached hydrogens (tertiary/aromatic N) is 1. The lowest BCUT2D eigenvalue weighted by Crippen LogP contribution is -2.53. The Labute approximate surface area is 104 Å². The zero-order valence-corrected chi connectivity index (χ0v) is 11.2. The van der Waals surface area contributed by atoms with Gasteiger partial charge in [0.05, 0.1) is 0 Å². The van der Waals surface area contributed by atoms with Crippen LogP contribution in [0.1, 0.15) is 46.0 Å². The van der Waals surface area contributed by atoms with E-state index in [1.807, 2.05) is 6.92 Å². The second-order valence-electron chi connectivity index (χ2n) is 5.13. The predicted molar refractivity (Wildman–Crippen MR) is 69.2 cm³/mol. The number of rotatable bonds is 6. The average molecular weight is 242 g/mol. The van der Waals surface area contributed by atoms with E-state index in [-0.39, 0.29) is 0 Å². The lowest BCUT2D eigenvalue weighted by Gasteiger charge is -2.37. The van der Waals surface area contributed by atoms with E-state index in [4.69, 9.17) is 0 Å². The first-order valence-electron chi connectivity index (χ1n) is 6.80. The molecule has 4 heteroatoms. The first kappa shape index (κ1) is 14.5. The van der Waals surface area contributed by atoms with Gasteiger partial charge in [-0.05, 0) is 26.3 Å². The topological polar surface area (TPSA) is 52.6 Å². The Morgan fingerprint density at radius 2 is 2.12 bits per heavy atom. The van der Waals surface area contributed by atoms with Crippen LogP contribution in [0.5, 0.6) is 0 Å². The Hall–Kier alpha value is -0.610. The molecule has 1 unspecified atom stereocenters. The summed E-state index contributed by atoms with van der Waals surface area (Å²) in [5.41, 5.74) is -0.679. The van der Waals surface area contributed by atoms with Crippen LogP contribution in [0, 0.1) is 0 Å². The van der Waals surface area contributed by atoms with E-state index < -0.39 is 11.5 Å². The van der Waals surface area contributed by atoms with Crippen LogP contribution in [0.3, 0.4) is 0 Å². The maximum Gasteiger partial charge on any atom is 0.323 e. The van der Waals surface area contributed by atoms with Gasteiger partial charge in [0, 0.05) is 19.6 Å². The first-order chi connectivity index (χ1) is 8.11. The van der Waals surface area contributed by atoms with E-state index in [0.29, 0.717) is 0 Å². The summed E-state index contributed by atoms with van der Waals surface area (Å²) in [6.07, 6.45) is 5.06. The van der Waals surface area contributed by atoms with Crippen LogP contribution in [0.4, 0.5) is 0 Å². The fourth-order valence-corrected chi connectivity index (χ4v) is 2.46. The molecule has 1 atom stereocenters. The third kappa shape index (κ3) is 3.96.